The summed E-state index contributed by atoms with van der Waals surface area (Å²) in [6.45, 7) is 0. The molecule has 0 aliphatic carbocycles. The zero-order valence-electron chi connectivity index (χ0n) is 19.7. The van der Waals surface area contributed by atoms with Gasteiger partial charge in [-0.25, -0.2) is 14.5 Å². The van der Waals surface area contributed by atoms with Gasteiger partial charge in [0.1, 0.15) is 29.3 Å². The van der Waals surface area contributed by atoms with Crippen molar-refractivity contribution < 1.29 is 19.7 Å². The predicted molar refractivity (Wildman–Crippen MR) is 138 cm³/mol. The van der Waals surface area contributed by atoms with Crippen LogP contribution in [0.15, 0.2) is 85.2 Å². The molecule has 0 spiro atoms. The molecule has 1 aliphatic rings. The van der Waals surface area contributed by atoms with E-state index in [9.17, 15) is 10.2 Å². The van der Waals surface area contributed by atoms with Crippen molar-refractivity contribution in [1.82, 2.24) is 19.6 Å². The number of ether oxygens (including phenoxy) is 2. The van der Waals surface area contributed by atoms with Gasteiger partial charge in [0.25, 0.3) is 0 Å². The number of methoxy groups -OCH3 is 1. The van der Waals surface area contributed by atoms with Crippen molar-refractivity contribution in [1.29, 1.82) is 0 Å². The molecule has 8 heteroatoms. The van der Waals surface area contributed by atoms with Gasteiger partial charge in [0.15, 0.2) is 11.5 Å². The molecule has 0 fully saturated rings. The Morgan fingerprint density at radius 2 is 1.78 bits per heavy atom. The summed E-state index contributed by atoms with van der Waals surface area (Å²) in [5.74, 6) is 1.97. The fourth-order valence-electron chi connectivity index (χ4n) is 5.00. The number of phenolic OH excluding ortho intramolecular Hbond substituents is 2. The molecule has 180 valence electrons. The molecule has 6 aromatic rings. The predicted octanol–water partition coefficient (Wildman–Crippen LogP) is 5.65. The highest BCUT2D eigenvalue weighted by Gasteiger charge is 2.34. The van der Waals surface area contributed by atoms with Gasteiger partial charge < -0.3 is 19.7 Å². The molecule has 1 atom stereocenters. The lowest BCUT2D eigenvalue weighted by Gasteiger charge is -2.28. The number of aromatic hydroxyl groups is 2. The molecular formula is C29H20N4O4. The molecule has 8 nitrogen and oxygen atoms in total. The SMILES string of the molecule is COc1ccc([C@@H]2c3ccc(O)cc3Oc3ncn4nc(-c5ccc6ccccc6c5O)nc4c32)cc1. The molecule has 3 heterocycles. The zero-order chi connectivity index (χ0) is 25.1. The van der Waals surface area contributed by atoms with Crippen LogP contribution in [-0.4, -0.2) is 36.9 Å². The van der Waals surface area contributed by atoms with E-state index < -0.39 is 0 Å². The summed E-state index contributed by atoms with van der Waals surface area (Å²) in [6.07, 6.45) is 1.54. The van der Waals surface area contributed by atoms with Crippen LogP contribution in [0.25, 0.3) is 27.8 Å². The Morgan fingerprint density at radius 3 is 2.62 bits per heavy atom. The first kappa shape index (κ1) is 21.2. The lowest BCUT2D eigenvalue weighted by Crippen LogP contribution is -2.15. The third kappa shape index (κ3) is 3.26. The fraction of sp³-hybridized carbons (Fsp3) is 0.0690. The van der Waals surface area contributed by atoms with Crippen molar-refractivity contribution in [3.63, 3.8) is 0 Å². The van der Waals surface area contributed by atoms with Gasteiger partial charge in [-0.05, 0) is 35.2 Å². The highest BCUT2D eigenvalue weighted by molar-refractivity contribution is 5.93. The maximum absolute atomic E-state index is 11.0. The molecule has 0 saturated carbocycles. The van der Waals surface area contributed by atoms with E-state index in [4.69, 9.17) is 14.5 Å². The van der Waals surface area contributed by atoms with Crippen LogP contribution in [0.1, 0.15) is 22.6 Å². The molecule has 1 aliphatic heterocycles. The number of hydrogen-bond donors (Lipinski definition) is 2. The summed E-state index contributed by atoms with van der Waals surface area (Å²) in [4.78, 5) is 9.40. The Bertz CT molecular complexity index is 1830. The first-order valence-electron chi connectivity index (χ1n) is 11.7. The van der Waals surface area contributed by atoms with Gasteiger partial charge in [0, 0.05) is 22.9 Å². The molecule has 2 aromatic heterocycles. The Hall–Kier alpha value is -5.11. The number of rotatable bonds is 3. The molecule has 0 amide bonds. The van der Waals surface area contributed by atoms with Crippen LogP contribution in [0.4, 0.5) is 0 Å². The van der Waals surface area contributed by atoms with Crippen LogP contribution < -0.4 is 9.47 Å². The summed E-state index contributed by atoms with van der Waals surface area (Å²) in [6, 6.07) is 24.3. The van der Waals surface area contributed by atoms with Crippen LogP contribution >= 0.6 is 0 Å². The van der Waals surface area contributed by atoms with Crippen molar-refractivity contribution in [3.8, 4) is 40.3 Å². The smallest absolute Gasteiger partial charge is 0.228 e. The van der Waals surface area contributed by atoms with E-state index >= 15 is 0 Å². The van der Waals surface area contributed by atoms with Gasteiger partial charge in [-0.3, -0.25) is 0 Å². The number of nitrogens with zero attached hydrogens (tertiary/aromatic N) is 4. The average Bonchev–Trinajstić information content (AvgIpc) is 3.36. The minimum Gasteiger partial charge on any atom is -0.508 e. The number of hydrogen-bond acceptors (Lipinski definition) is 7. The Balaban J connectivity index is 1.46. The molecule has 0 radical (unpaired) electrons. The van der Waals surface area contributed by atoms with Gasteiger partial charge in [0.2, 0.25) is 5.88 Å². The second kappa shape index (κ2) is 7.96. The van der Waals surface area contributed by atoms with E-state index in [0.29, 0.717) is 28.7 Å². The first-order valence-corrected chi connectivity index (χ1v) is 11.7. The van der Waals surface area contributed by atoms with Crippen LogP contribution in [0.5, 0.6) is 28.9 Å². The molecular weight excluding hydrogens is 468 g/mol. The highest BCUT2D eigenvalue weighted by atomic mass is 16.5. The quantitative estimate of drug-likeness (QED) is 0.331. The van der Waals surface area contributed by atoms with E-state index in [1.165, 1.54) is 0 Å². The summed E-state index contributed by atoms with van der Waals surface area (Å²) in [5, 5.41) is 27.4. The van der Waals surface area contributed by atoms with E-state index in [-0.39, 0.29) is 17.4 Å². The number of phenols is 2. The van der Waals surface area contributed by atoms with E-state index in [1.807, 2.05) is 66.7 Å². The maximum atomic E-state index is 11.0. The molecule has 0 unspecified atom stereocenters. The average molecular weight is 489 g/mol. The van der Waals surface area contributed by atoms with Gasteiger partial charge >= 0.3 is 0 Å². The minimum absolute atomic E-state index is 0.105. The molecule has 4 aromatic carbocycles. The summed E-state index contributed by atoms with van der Waals surface area (Å²) >= 11 is 0. The molecule has 0 bridgehead atoms. The lowest BCUT2D eigenvalue weighted by molar-refractivity contribution is 0.414. The largest absolute Gasteiger partial charge is 0.508 e. The van der Waals surface area contributed by atoms with Crippen LogP contribution in [-0.2, 0) is 0 Å². The Labute approximate surface area is 211 Å². The number of aromatic nitrogens is 4. The molecule has 2 N–H and O–H groups in total. The van der Waals surface area contributed by atoms with Crippen molar-refractivity contribution >= 4 is 16.4 Å². The maximum Gasteiger partial charge on any atom is 0.228 e. The summed E-state index contributed by atoms with van der Waals surface area (Å²) in [5.41, 5.74) is 3.67. The summed E-state index contributed by atoms with van der Waals surface area (Å²) < 4.78 is 13.1. The molecule has 0 saturated heterocycles. The van der Waals surface area contributed by atoms with Crippen molar-refractivity contribution in [2.24, 2.45) is 0 Å². The second-order valence-electron chi connectivity index (χ2n) is 8.88. The van der Waals surface area contributed by atoms with Crippen molar-refractivity contribution in [2.75, 3.05) is 7.11 Å². The van der Waals surface area contributed by atoms with Crippen LogP contribution in [0, 0.1) is 0 Å². The third-order valence-electron chi connectivity index (χ3n) is 6.78. The standard InChI is InChI=1S/C29H20N4O4/c1-36-19-10-6-17(7-11-19)24-21-13-9-18(34)14-23(21)37-29-25(24)28-31-27(32-33(28)15-30-29)22-12-8-16-4-2-3-5-20(16)26(22)35/h2-15,24,34-35H,1H3/t24-/m1/s1. The van der Waals surface area contributed by atoms with Crippen LogP contribution in [0.3, 0.4) is 0 Å². The number of benzene rings is 4. The first-order chi connectivity index (χ1) is 18.1. The van der Waals surface area contributed by atoms with Gasteiger partial charge in [0.05, 0.1) is 18.2 Å². The molecule has 37 heavy (non-hydrogen) atoms. The topological polar surface area (TPSA) is 102 Å². The third-order valence-corrected chi connectivity index (χ3v) is 6.78. The minimum atomic E-state index is -0.288. The van der Waals surface area contributed by atoms with Crippen molar-refractivity contribution in [3.05, 3.63) is 102 Å². The molecule has 7 rings (SSSR count). The van der Waals surface area contributed by atoms with Gasteiger partial charge in [-0.15, -0.1) is 5.10 Å². The number of fused-ring (bicyclic) bond motifs is 5. The lowest BCUT2D eigenvalue weighted by atomic mass is 9.84. The van der Waals surface area contributed by atoms with Crippen LogP contribution in [0.2, 0.25) is 0 Å². The van der Waals surface area contributed by atoms with E-state index in [0.717, 1.165) is 33.2 Å². The highest BCUT2D eigenvalue weighted by Crippen LogP contribution is 2.49. The van der Waals surface area contributed by atoms with Gasteiger partial charge in [-0.2, -0.15) is 0 Å². The summed E-state index contributed by atoms with van der Waals surface area (Å²) in [7, 11) is 1.63. The fourth-order valence-corrected chi connectivity index (χ4v) is 5.00. The van der Waals surface area contributed by atoms with E-state index in [1.54, 1.807) is 30.1 Å². The Morgan fingerprint density at radius 1 is 0.946 bits per heavy atom. The van der Waals surface area contributed by atoms with Crippen molar-refractivity contribution in [2.45, 2.75) is 5.92 Å². The zero-order valence-corrected chi connectivity index (χ0v) is 19.7. The normalized spacial score (nSPS) is 14.2. The van der Waals surface area contributed by atoms with Gasteiger partial charge in [-0.1, -0.05) is 48.5 Å². The van der Waals surface area contributed by atoms with E-state index in [2.05, 4.69) is 10.1 Å². The Kier molecular flexibility index (Phi) is 4.56. The monoisotopic (exact) mass is 488 g/mol. The second-order valence-corrected chi connectivity index (χ2v) is 8.88.